The standard InChI is InChI=1S/C16H21N3O/c1-11(12-6-2-3-7-12)17-10-15-18-14-9-5-4-8-13(14)16(20)19-15/h4-5,8-9,11-12,17H,2-3,6-7,10H2,1H3,(H,18,19,20)/t11-/m1/s1. The lowest BCUT2D eigenvalue weighted by Crippen LogP contribution is -2.33. The molecule has 1 aliphatic rings. The number of aromatic amines is 1. The minimum absolute atomic E-state index is 0.0547. The molecule has 1 heterocycles. The van der Waals surface area contributed by atoms with E-state index in [-0.39, 0.29) is 5.56 Å². The normalized spacial score (nSPS) is 17.6. The summed E-state index contributed by atoms with van der Waals surface area (Å²) in [7, 11) is 0. The van der Waals surface area contributed by atoms with E-state index in [1.807, 2.05) is 18.2 Å². The molecule has 3 rings (SSSR count). The maximum Gasteiger partial charge on any atom is 0.258 e. The number of fused-ring (bicyclic) bond motifs is 1. The van der Waals surface area contributed by atoms with E-state index in [1.165, 1.54) is 25.7 Å². The lowest BCUT2D eigenvalue weighted by molar-refractivity contribution is 0.377. The molecule has 1 aromatic heterocycles. The number of hydrogen-bond donors (Lipinski definition) is 2. The fourth-order valence-corrected chi connectivity index (χ4v) is 3.10. The molecule has 4 nitrogen and oxygen atoms in total. The van der Waals surface area contributed by atoms with Gasteiger partial charge in [-0.1, -0.05) is 25.0 Å². The molecule has 1 aliphatic carbocycles. The van der Waals surface area contributed by atoms with E-state index in [4.69, 9.17) is 0 Å². The Hall–Kier alpha value is -1.68. The van der Waals surface area contributed by atoms with Gasteiger partial charge in [-0.3, -0.25) is 4.79 Å². The van der Waals surface area contributed by atoms with Gasteiger partial charge in [0.1, 0.15) is 5.82 Å². The zero-order chi connectivity index (χ0) is 13.9. The quantitative estimate of drug-likeness (QED) is 0.898. The van der Waals surface area contributed by atoms with Gasteiger partial charge < -0.3 is 10.3 Å². The van der Waals surface area contributed by atoms with Crippen molar-refractivity contribution >= 4 is 10.9 Å². The van der Waals surface area contributed by atoms with Gasteiger partial charge in [0.2, 0.25) is 0 Å². The third-order valence-corrected chi connectivity index (χ3v) is 4.36. The highest BCUT2D eigenvalue weighted by Gasteiger charge is 2.21. The van der Waals surface area contributed by atoms with Gasteiger partial charge in [0, 0.05) is 6.04 Å². The topological polar surface area (TPSA) is 57.8 Å². The predicted octanol–water partition coefficient (Wildman–Crippen LogP) is 2.59. The second-order valence-corrected chi connectivity index (χ2v) is 5.74. The molecule has 4 heteroatoms. The Balaban J connectivity index is 1.72. The third-order valence-electron chi connectivity index (χ3n) is 4.36. The molecule has 0 bridgehead atoms. The van der Waals surface area contributed by atoms with Gasteiger partial charge in [0.15, 0.2) is 0 Å². The Morgan fingerprint density at radius 1 is 1.35 bits per heavy atom. The van der Waals surface area contributed by atoms with Gasteiger partial charge in [0.25, 0.3) is 5.56 Å². The van der Waals surface area contributed by atoms with E-state index in [2.05, 4.69) is 22.2 Å². The summed E-state index contributed by atoms with van der Waals surface area (Å²) in [5, 5.41) is 4.15. The maximum absolute atomic E-state index is 12.0. The Morgan fingerprint density at radius 3 is 2.90 bits per heavy atom. The van der Waals surface area contributed by atoms with Gasteiger partial charge >= 0.3 is 0 Å². The zero-order valence-electron chi connectivity index (χ0n) is 11.9. The molecule has 0 aliphatic heterocycles. The first kappa shape index (κ1) is 13.3. The predicted molar refractivity (Wildman–Crippen MR) is 80.6 cm³/mol. The number of hydrogen-bond acceptors (Lipinski definition) is 3. The van der Waals surface area contributed by atoms with Crippen LogP contribution in [0.1, 0.15) is 38.4 Å². The molecule has 1 atom stereocenters. The van der Waals surface area contributed by atoms with Crippen LogP contribution in [-0.2, 0) is 6.54 Å². The minimum atomic E-state index is -0.0547. The van der Waals surface area contributed by atoms with E-state index >= 15 is 0 Å². The van der Waals surface area contributed by atoms with Gasteiger partial charge in [-0.05, 0) is 37.8 Å². The van der Waals surface area contributed by atoms with Gasteiger partial charge in [-0.2, -0.15) is 0 Å². The fourth-order valence-electron chi connectivity index (χ4n) is 3.10. The Bertz CT molecular complexity index is 643. The zero-order valence-corrected chi connectivity index (χ0v) is 11.9. The highest BCUT2D eigenvalue weighted by molar-refractivity contribution is 5.77. The summed E-state index contributed by atoms with van der Waals surface area (Å²) in [6.45, 7) is 2.85. The maximum atomic E-state index is 12.0. The van der Waals surface area contributed by atoms with Crippen LogP contribution in [0.3, 0.4) is 0 Å². The summed E-state index contributed by atoms with van der Waals surface area (Å²) < 4.78 is 0. The van der Waals surface area contributed by atoms with E-state index in [1.54, 1.807) is 6.07 Å². The summed E-state index contributed by atoms with van der Waals surface area (Å²) in [5.74, 6) is 1.49. The van der Waals surface area contributed by atoms with Crippen LogP contribution >= 0.6 is 0 Å². The minimum Gasteiger partial charge on any atom is -0.309 e. The summed E-state index contributed by atoms with van der Waals surface area (Å²) in [5.41, 5.74) is 0.711. The molecule has 1 aromatic carbocycles. The number of rotatable bonds is 4. The molecule has 0 radical (unpaired) electrons. The summed E-state index contributed by atoms with van der Waals surface area (Å²) in [4.78, 5) is 19.4. The van der Waals surface area contributed by atoms with Crippen LogP contribution in [0.2, 0.25) is 0 Å². The van der Waals surface area contributed by atoms with Crippen molar-refractivity contribution in [3.05, 3.63) is 40.4 Å². The molecule has 0 saturated heterocycles. The van der Waals surface area contributed by atoms with Crippen LogP contribution < -0.4 is 10.9 Å². The molecule has 20 heavy (non-hydrogen) atoms. The number of benzene rings is 1. The van der Waals surface area contributed by atoms with E-state index in [0.29, 0.717) is 18.0 Å². The molecule has 2 aromatic rings. The highest BCUT2D eigenvalue weighted by Crippen LogP contribution is 2.27. The van der Waals surface area contributed by atoms with Crippen LogP contribution in [0, 0.1) is 5.92 Å². The van der Waals surface area contributed by atoms with Gasteiger partial charge in [-0.25, -0.2) is 4.98 Å². The molecule has 0 spiro atoms. The third kappa shape index (κ3) is 2.75. The Morgan fingerprint density at radius 2 is 2.10 bits per heavy atom. The number of aromatic nitrogens is 2. The Labute approximate surface area is 118 Å². The van der Waals surface area contributed by atoms with Crippen molar-refractivity contribution in [3.63, 3.8) is 0 Å². The molecular weight excluding hydrogens is 250 g/mol. The van der Waals surface area contributed by atoms with Crippen LogP contribution in [-0.4, -0.2) is 16.0 Å². The number of para-hydroxylation sites is 1. The van der Waals surface area contributed by atoms with E-state index < -0.39 is 0 Å². The summed E-state index contributed by atoms with van der Waals surface area (Å²) in [6.07, 6.45) is 5.33. The molecule has 0 unspecified atom stereocenters. The first-order valence-electron chi connectivity index (χ1n) is 7.45. The average Bonchev–Trinajstić information content (AvgIpc) is 2.99. The second-order valence-electron chi connectivity index (χ2n) is 5.74. The van der Waals surface area contributed by atoms with E-state index in [9.17, 15) is 4.79 Å². The van der Waals surface area contributed by atoms with Gasteiger partial charge in [-0.15, -0.1) is 0 Å². The monoisotopic (exact) mass is 271 g/mol. The van der Waals surface area contributed by atoms with Crippen molar-refractivity contribution in [1.29, 1.82) is 0 Å². The summed E-state index contributed by atoms with van der Waals surface area (Å²) >= 11 is 0. The lowest BCUT2D eigenvalue weighted by atomic mass is 10.00. The molecule has 1 fully saturated rings. The fraction of sp³-hybridized carbons (Fsp3) is 0.500. The Kier molecular flexibility index (Phi) is 3.83. The number of H-pyrrole nitrogens is 1. The van der Waals surface area contributed by atoms with Crippen LogP contribution in [0.4, 0.5) is 0 Å². The van der Waals surface area contributed by atoms with Crippen molar-refractivity contribution in [3.8, 4) is 0 Å². The number of nitrogens with one attached hydrogen (secondary N) is 2. The van der Waals surface area contributed by atoms with Crippen molar-refractivity contribution in [2.24, 2.45) is 5.92 Å². The molecule has 2 N–H and O–H groups in total. The van der Waals surface area contributed by atoms with Crippen molar-refractivity contribution in [1.82, 2.24) is 15.3 Å². The van der Waals surface area contributed by atoms with Crippen molar-refractivity contribution < 1.29 is 0 Å². The number of nitrogens with zero attached hydrogens (tertiary/aromatic N) is 1. The largest absolute Gasteiger partial charge is 0.309 e. The molecule has 0 amide bonds. The first-order chi connectivity index (χ1) is 9.74. The molecular formula is C16H21N3O. The van der Waals surface area contributed by atoms with Crippen LogP contribution in [0.5, 0.6) is 0 Å². The van der Waals surface area contributed by atoms with E-state index in [0.717, 1.165) is 17.3 Å². The van der Waals surface area contributed by atoms with Crippen LogP contribution in [0.15, 0.2) is 29.1 Å². The van der Waals surface area contributed by atoms with Gasteiger partial charge in [0.05, 0.1) is 17.4 Å². The smallest absolute Gasteiger partial charge is 0.258 e. The molecule has 1 saturated carbocycles. The average molecular weight is 271 g/mol. The van der Waals surface area contributed by atoms with Crippen molar-refractivity contribution in [2.75, 3.05) is 0 Å². The van der Waals surface area contributed by atoms with Crippen LogP contribution in [0.25, 0.3) is 10.9 Å². The SMILES string of the molecule is C[C@@H](NCc1nc2ccccc2c(=O)[nH]1)C1CCCC1. The highest BCUT2D eigenvalue weighted by atomic mass is 16.1. The summed E-state index contributed by atoms with van der Waals surface area (Å²) in [6, 6.07) is 7.94. The van der Waals surface area contributed by atoms with Crippen molar-refractivity contribution in [2.45, 2.75) is 45.2 Å². The lowest BCUT2D eigenvalue weighted by Gasteiger charge is -2.20. The molecule has 106 valence electrons. The first-order valence-corrected chi connectivity index (χ1v) is 7.45. The second kappa shape index (κ2) is 5.75.